The number of guanidine groups is 1. The SMILES string of the molecule is CN=C(NCCCOCc1ccco1)NCc1cccc(C(=O)NC)c1. The molecular formula is C19H26N4O3. The van der Waals surface area contributed by atoms with Crippen LogP contribution in [0.2, 0.25) is 0 Å². The number of hydrogen-bond acceptors (Lipinski definition) is 4. The average Bonchev–Trinajstić information content (AvgIpc) is 3.20. The number of rotatable bonds is 9. The summed E-state index contributed by atoms with van der Waals surface area (Å²) in [6, 6.07) is 11.2. The lowest BCUT2D eigenvalue weighted by Crippen LogP contribution is -2.37. The predicted octanol–water partition coefficient (Wildman–Crippen LogP) is 1.91. The van der Waals surface area contributed by atoms with Crippen molar-refractivity contribution in [2.24, 2.45) is 4.99 Å². The van der Waals surface area contributed by atoms with Gasteiger partial charge in [-0.25, -0.2) is 0 Å². The Labute approximate surface area is 153 Å². The third kappa shape index (κ3) is 6.60. The molecule has 0 atom stereocenters. The van der Waals surface area contributed by atoms with Crippen molar-refractivity contribution in [2.45, 2.75) is 19.6 Å². The van der Waals surface area contributed by atoms with Crippen LogP contribution in [0.25, 0.3) is 0 Å². The first-order valence-corrected chi connectivity index (χ1v) is 8.58. The minimum absolute atomic E-state index is 0.0936. The van der Waals surface area contributed by atoms with E-state index in [0.717, 1.165) is 24.3 Å². The number of hydrogen-bond donors (Lipinski definition) is 3. The Hall–Kier alpha value is -2.80. The number of furan rings is 1. The van der Waals surface area contributed by atoms with Gasteiger partial charge in [0.2, 0.25) is 0 Å². The summed E-state index contributed by atoms with van der Waals surface area (Å²) in [6.45, 7) is 2.45. The van der Waals surface area contributed by atoms with Gasteiger partial charge in [0.1, 0.15) is 12.4 Å². The summed E-state index contributed by atoms with van der Waals surface area (Å²) in [5, 5.41) is 9.10. The summed E-state index contributed by atoms with van der Waals surface area (Å²) in [5.74, 6) is 1.44. The summed E-state index contributed by atoms with van der Waals surface area (Å²) in [6.07, 6.45) is 2.49. The number of carbonyl (C=O) groups is 1. The van der Waals surface area contributed by atoms with Gasteiger partial charge in [-0.05, 0) is 36.2 Å². The van der Waals surface area contributed by atoms with E-state index in [2.05, 4.69) is 20.9 Å². The van der Waals surface area contributed by atoms with Crippen molar-refractivity contribution in [1.82, 2.24) is 16.0 Å². The fraction of sp³-hybridized carbons (Fsp3) is 0.368. The largest absolute Gasteiger partial charge is 0.467 e. The van der Waals surface area contributed by atoms with E-state index in [-0.39, 0.29) is 5.91 Å². The lowest BCUT2D eigenvalue weighted by molar-refractivity contribution is 0.0963. The Bertz CT molecular complexity index is 699. The van der Waals surface area contributed by atoms with E-state index < -0.39 is 0 Å². The second-order valence-corrected chi connectivity index (χ2v) is 5.62. The quantitative estimate of drug-likeness (QED) is 0.362. The Morgan fingerprint density at radius 2 is 2.12 bits per heavy atom. The van der Waals surface area contributed by atoms with Gasteiger partial charge in [0.25, 0.3) is 5.91 Å². The van der Waals surface area contributed by atoms with Crippen molar-refractivity contribution in [3.63, 3.8) is 0 Å². The van der Waals surface area contributed by atoms with Crippen molar-refractivity contribution in [3.8, 4) is 0 Å². The van der Waals surface area contributed by atoms with Crippen LogP contribution in [0.1, 0.15) is 28.1 Å². The molecule has 0 bridgehead atoms. The number of aliphatic imine (C=N–C) groups is 1. The standard InChI is InChI=1S/C19H26N4O3/c1-20-18(24)16-7-3-6-15(12-16)13-23-19(21-2)22-9-5-10-25-14-17-8-4-11-26-17/h3-4,6-8,11-12H,5,9-10,13-14H2,1-2H3,(H,20,24)(H2,21,22,23). The Balaban J connectivity index is 1.65. The first kappa shape index (κ1) is 19.5. The van der Waals surface area contributed by atoms with E-state index in [1.807, 2.05) is 30.3 Å². The van der Waals surface area contributed by atoms with Gasteiger partial charge in [-0.1, -0.05) is 12.1 Å². The molecule has 1 heterocycles. The van der Waals surface area contributed by atoms with Crippen molar-refractivity contribution in [2.75, 3.05) is 27.2 Å². The lowest BCUT2D eigenvalue weighted by Gasteiger charge is -2.12. The molecular weight excluding hydrogens is 332 g/mol. The van der Waals surface area contributed by atoms with E-state index >= 15 is 0 Å². The van der Waals surface area contributed by atoms with Crippen LogP contribution in [0, 0.1) is 0 Å². The van der Waals surface area contributed by atoms with Gasteiger partial charge < -0.3 is 25.1 Å². The number of nitrogens with zero attached hydrogens (tertiary/aromatic N) is 1. The minimum Gasteiger partial charge on any atom is -0.467 e. The van der Waals surface area contributed by atoms with Gasteiger partial charge in [-0.3, -0.25) is 9.79 Å². The molecule has 7 nitrogen and oxygen atoms in total. The molecule has 0 saturated carbocycles. The summed E-state index contributed by atoms with van der Waals surface area (Å²) in [4.78, 5) is 15.9. The molecule has 26 heavy (non-hydrogen) atoms. The third-order valence-corrected chi connectivity index (χ3v) is 3.68. The highest BCUT2D eigenvalue weighted by Crippen LogP contribution is 2.05. The van der Waals surface area contributed by atoms with Crippen molar-refractivity contribution in [3.05, 3.63) is 59.5 Å². The maximum Gasteiger partial charge on any atom is 0.251 e. The molecule has 0 aliphatic carbocycles. The highest BCUT2D eigenvalue weighted by Gasteiger charge is 2.04. The zero-order chi connectivity index (χ0) is 18.6. The van der Waals surface area contributed by atoms with Crippen molar-refractivity contribution >= 4 is 11.9 Å². The Kier molecular flexibility index (Phi) is 8.21. The van der Waals surface area contributed by atoms with Crippen LogP contribution in [-0.4, -0.2) is 39.1 Å². The predicted molar refractivity (Wildman–Crippen MR) is 101 cm³/mol. The van der Waals surface area contributed by atoms with Gasteiger partial charge >= 0.3 is 0 Å². The first-order valence-electron chi connectivity index (χ1n) is 8.58. The van der Waals surface area contributed by atoms with Crippen LogP contribution >= 0.6 is 0 Å². The van der Waals surface area contributed by atoms with Gasteiger partial charge in [-0.15, -0.1) is 0 Å². The number of amides is 1. The van der Waals surface area contributed by atoms with Gasteiger partial charge in [-0.2, -0.15) is 0 Å². The molecule has 0 unspecified atom stereocenters. The Morgan fingerprint density at radius 3 is 2.85 bits per heavy atom. The summed E-state index contributed by atoms with van der Waals surface area (Å²) in [7, 11) is 3.35. The van der Waals surface area contributed by atoms with Crippen LogP contribution in [0.3, 0.4) is 0 Å². The normalized spacial score (nSPS) is 11.2. The molecule has 140 valence electrons. The number of nitrogens with one attached hydrogen (secondary N) is 3. The van der Waals surface area contributed by atoms with Crippen molar-refractivity contribution in [1.29, 1.82) is 0 Å². The molecule has 0 fully saturated rings. The smallest absolute Gasteiger partial charge is 0.251 e. The van der Waals surface area contributed by atoms with Crippen LogP contribution in [-0.2, 0) is 17.9 Å². The van der Waals surface area contributed by atoms with Crippen LogP contribution in [0.15, 0.2) is 52.1 Å². The highest BCUT2D eigenvalue weighted by molar-refractivity contribution is 5.94. The molecule has 1 amide bonds. The first-order chi connectivity index (χ1) is 12.7. The molecule has 2 rings (SSSR count). The average molecular weight is 358 g/mol. The number of ether oxygens (including phenoxy) is 1. The molecule has 7 heteroatoms. The summed E-state index contributed by atoms with van der Waals surface area (Å²) >= 11 is 0. The number of benzene rings is 1. The number of carbonyl (C=O) groups excluding carboxylic acids is 1. The van der Waals surface area contributed by atoms with E-state index in [4.69, 9.17) is 9.15 Å². The van der Waals surface area contributed by atoms with Gasteiger partial charge in [0, 0.05) is 39.4 Å². The zero-order valence-corrected chi connectivity index (χ0v) is 15.2. The maximum absolute atomic E-state index is 11.7. The van der Waals surface area contributed by atoms with Gasteiger partial charge in [0.15, 0.2) is 5.96 Å². The molecule has 0 saturated heterocycles. The second-order valence-electron chi connectivity index (χ2n) is 5.62. The van der Waals surface area contributed by atoms with Crippen molar-refractivity contribution < 1.29 is 13.9 Å². The molecule has 2 aromatic rings. The second kappa shape index (κ2) is 10.9. The van der Waals surface area contributed by atoms with Crippen LogP contribution in [0.5, 0.6) is 0 Å². The minimum atomic E-state index is -0.0936. The van der Waals surface area contributed by atoms with E-state index in [0.29, 0.717) is 31.3 Å². The third-order valence-electron chi connectivity index (χ3n) is 3.68. The van der Waals surface area contributed by atoms with Gasteiger partial charge in [0.05, 0.1) is 6.26 Å². The van der Waals surface area contributed by atoms with E-state index in [1.165, 1.54) is 0 Å². The fourth-order valence-electron chi connectivity index (χ4n) is 2.32. The lowest BCUT2D eigenvalue weighted by atomic mass is 10.1. The molecule has 0 radical (unpaired) electrons. The van der Waals surface area contributed by atoms with Crippen LogP contribution in [0.4, 0.5) is 0 Å². The zero-order valence-electron chi connectivity index (χ0n) is 15.2. The fourth-order valence-corrected chi connectivity index (χ4v) is 2.32. The molecule has 0 aliphatic rings. The van der Waals surface area contributed by atoms with Crippen LogP contribution < -0.4 is 16.0 Å². The maximum atomic E-state index is 11.7. The molecule has 3 N–H and O–H groups in total. The molecule has 1 aromatic carbocycles. The van der Waals surface area contributed by atoms with E-state index in [9.17, 15) is 4.79 Å². The molecule has 0 spiro atoms. The topological polar surface area (TPSA) is 87.9 Å². The monoisotopic (exact) mass is 358 g/mol. The summed E-state index contributed by atoms with van der Waals surface area (Å²) < 4.78 is 10.7. The molecule has 1 aromatic heterocycles. The van der Waals surface area contributed by atoms with E-state index in [1.54, 1.807) is 26.4 Å². The highest BCUT2D eigenvalue weighted by atomic mass is 16.5. The summed E-state index contributed by atoms with van der Waals surface area (Å²) in [5.41, 5.74) is 1.65. The Morgan fingerprint density at radius 1 is 1.23 bits per heavy atom. The molecule has 0 aliphatic heterocycles.